The van der Waals surface area contributed by atoms with Gasteiger partial charge < -0.3 is 5.73 Å². The molecule has 0 radical (unpaired) electrons. The molecule has 0 amide bonds. The number of hydrogen-bond acceptors (Lipinski definition) is 4. The third-order valence-electron chi connectivity index (χ3n) is 3.01. The van der Waals surface area contributed by atoms with Crippen LogP contribution >= 0.6 is 11.3 Å². The van der Waals surface area contributed by atoms with Crippen molar-refractivity contribution in [3.05, 3.63) is 51.7 Å². The number of thiophene rings is 1. The summed E-state index contributed by atoms with van der Waals surface area (Å²) in [7, 11) is -3.49. The lowest BCUT2D eigenvalue weighted by atomic mass is 10.1. The van der Waals surface area contributed by atoms with Gasteiger partial charge in [-0.25, -0.2) is 13.1 Å². The van der Waals surface area contributed by atoms with Gasteiger partial charge >= 0.3 is 0 Å². The Balaban J connectivity index is 2.08. The van der Waals surface area contributed by atoms with Crippen molar-refractivity contribution >= 4 is 21.4 Å². The van der Waals surface area contributed by atoms with E-state index in [2.05, 4.69) is 4.72 Å². The van der Waals surface area contributed by atoms with Crippen LogP contribution in [0, 0.1) is 13.8 Å². The van der Waals surface area contributed by atoms with Crippen LogP contribution in [0.1, 0.15) is 21.4 Å². The Morgan fingerprint density at radius 2 is 1.90 bits per heavy atom. The van der Waals surface area contributed by atoms with Gasteiger partial charge in [0.15, 0.2) is 0 Å². The second-order valence-electron chi connectivity index (χ2n) is 4.65. The van der Waals surface area contributed by atoms with E-state index in [4.69, 9.17) is 5.73 Å². The number of nitrogens with one attached hydrogen (secondary N) is 1. The van der Waals surface area contributed by atoms with Crippen molar-refractivity contribution in [1.82, 2.24) is 4.72 Å². The molecule has 1 aromatic carbocycles. The topological polar surface area (TPSA) is 72.2 Å². The first-order valence-electron chi connectivity index (χ1n) is 6.27. The maximum atomic E-state index is 12.2. The highest BCUT2D eigenvalue weighted by Crippen LogP contribution is 2.24. The van der Waals surface area contributed by atoms with E-state index in [1.165, 1.54) is 11.3 Å². The zero-order valence-electron chi connectivity index (χ0n) is 11.5. The molecule has 1 atom stereocenters. The number of hydrogen-bond donors (Lipinski definition) is 2. The Morgan fingerprint density at radius 1 is 1.25 bits per heavy atom. The van der Waals surface area contributed by atoms with Crippen molar-refractivity contribution in [2.24, 2.45) is 5.73 Å². The molecule has 1 heterocycles. The van der Waals surface area contributed by atoms with Crippen molar-refractivity contribution < 1.29 is 8.42 Å². The molecule has 3 N–H and O–H groups in total. The minimum atomic E-state index is -3.49. The first-order chi connectivity index (χ1) is 9.40. The predicted molar refractivity (Wildman–Crippen MR) is 82.4 cm³/mol. The largest absolute Gasteiger partial charge is 0.323 e. The highest BCUT2D eigenvalue weighted by molar-refractivity contribution is 7.89. The molecule has 0 aliphatic heterocycles. The first-order valence-corrected chi connectivity index (χ1v) is 8.57. The summed E-state index contributed by atoms with van der Waals surface area (Å²) in [5.74, 6) is 0. The highest BCUT2D eigenvalue weighted by Gasteiger charge is 2.20. The number of nitrogens with two attached hydrogens (primary N) is 1. The van der Waals surface area contributed by atoms with Crippen LogP contribution in [-0.4, -0.2) is 15.0 Å². The fourth-order valence-corrected chi connectivity index (χ4v) is 4.58. The normalized spacial score (nSPS) is 13.3. The maximum absolute atomic E-state index is 12.2. The Morgan fingerprint density at radius 3 is 2.45 bits per heavy atom. The zero-order valence-corrected chi connectivity index (χ0v) is 13.1. The van der Waals surface area contributed by atoms with Gasteiger partial charge in [-0.05, 0) is 25.5 Å². The number of benzene rings is 1. The van der Waals surface area contributed by atoms with E-state index in [1.807, 2.05) is 44.2 Å². The third-order valence-corrected chi connectivity index (χ3v) is 5.65. The smallest absolute Gasteiger partial charge is 0.241 e. The first kappa shape index (κ1) is 15.2. The van der Waals surface area contributed by atoms with Gasteiger partial charge in [0.2, 0.25) is 10.0 Å². The van der Waals surface area contributed by atoms with Crippen LogP contribution in [0.25, 0.3) is 0 Å². The van der Waals surface area contributed by atoms with E-state index < -0.39 is 10.0 Å². The van der Waals surface area contributed by atoms with E-state index in [0.717, 1.165) is 15.3 Å². The van der Waals surface area contributed by atoms with Crippen molar-refractivity contribution in [3.63, 3.8) is 0 Å². The third kappa shape index (κ3) is 3.46. The molecule has 20 heavy (non-hydrogen) atoms. The molecule has 6 heteroatoms. The lowest BCUT2D eigenvalue weighted by molar-refractivity contribution is 0.572. The Bertz CT molecular complexity index is 678. The van der Waals surface area contributed by atoms with E-state index in [0.29, 0.717) is 4.90 Å². The second kappa shape index (κ2) is 6.05. The summed E-state index contributed by atoms with van der Waals surface area (Å²) >= 11 is 1.48. The quantitative estimate of drug-likeness (QED) is 0.890. The molecule has 0 spiro atoms. The zero-order chi connectivity index (χ0) is 14.8. The molecule has 2 rings (SSSR count). The van der Waals surface area contributed by atoms with Crippen LogP contribution in [-0.2, 0) is 10.0 Å². The van der Waals surface area contributed by atoms with Gasteiger partial charge in [0.1, 0.15) is 0 Å². The van der Waals surface area contributed by atoms with E-state index in [1.54, 1.807) is 6.07 Å². The summed E-state index contributed by atoms with van der Waals surface area (Å²) in [6.07, 6.45) is 0. The summed E-state index contributed by atoms with van der Waals surface area (Å²) in [5, 5.41) is 0. The lowest BCUT2D eigenvalue weighted by Crippen LogP contribution is -2.32. The van der Waals surface area contributed by atoms with Crippen LogP contribution in [0.5, 0.6) is 0 Å². The summed E-state index contributed by atoms with van der Waals surface area (Å²) < 4.78 is 27.1. The van der Waals surface area contributed by atoms with Crippen LogP contribution in [0.15, 0.2) is 41.3 Å². The molecule has 2 aromatic rings. The van der Waals surface area contributed by atoms with Gasteiger partial charge in [0.25, 0.3) is 0 Å². The van der Waals surface area contributed by atoms with Crippen molar-refractivity contribution in [2.45, 2.75) is 24.8 Å². The van der Waals surface area contributed by atoms with Crippen molar-refractivity contribution in [3.8, 4) is 0 Å². The summed E-state index contributed by atoms with van der Waals surface area (Å²) in [6, 6.07) is 10.8. The molecule has 0 aliphatic carbocycles. The molecule has 1 aromatic heterocycles. The fraction of sp³-hybridized carbons (Fsp3) is 0.286. The van der Waals surface area contributed by atoms with E-state index >= 15 is 0 Å². The number of aryl methyl sites for hydroxylation is 2. The summed E-state index contributed by atoms with van der Waals surface area (Å²) in [5.41, 5.74) is 6.91. The molecule has 0 unspecified atom stereocenters. The van der Waals surface area contributed by atoms with Gasteiger partial charge in [-0.15, -0.1) is 11.3 Å². The molecular formula is C14H18N2O2S2. The van der Waals surface area contributed by atoms with E-state index in [-0.39, 0.29) is 12.6 Å². The average molecular weight is 310 g/mol. The number of sulfonamides is 1. The van der Waals surface area contributed by atoms with Gasteiger partial charge in [-0.2, -0.15) is 0 Å². The van der Waals surface area contributed by atoms with E-state index in [9.17, 15) is 8.42 Å². The highest BCUT2D eigenvalue weighted by atomic mass is 32.2. The van der Waals surface area contributed by atoms with Crippen LogP contribution in [0.4, 0.5) is 0 Å². The molecule has 0 saturated heterocycles. The molecule has 0 bridgehead atoms. The van der Waals surface area contributed by atoms with Crippen molar-refractivity contribution in [2.75, 3.05) is 6.54 Å². The molecule has 0 fully saturated rings. The monoisotopic (exact) mass is 310 g/mol. The van der Waals surface area contributed by atoms with Gasteiger partial charge in [0, 0.05) is 22.3 Å². The standard InChI is InChI=1S/C14H18N2O2S2/c1-10-8-14(11(2)19-10)20(17,18)16-9-13(15)12-6-4-3-5-7-12/h3-8,13,16H,9,15H2,1-2H3/t13-/m0/s1. The maximum Gasteiger partial charge on any atom is 0.241 e. The van der Waals surface area contributed by atoms with Crippen LogP contribution in [0.3, 0.4) is 0 Å². The average Bonchev–Trinajstić information content (AvgIpc) is 2.77. The van der Waals surface area contributed by atoms with Crippen LogP contribution in [0.2, 0.25) is 0 Å². The molecular weight excluding hydrogens is 292 g/mol. The summed E-state index contributed by atoms with van der Waals surface area (Å²) in [4.78, 5) is 2.12. The molecule has 0 aliphatic rings. The number of rotatable bonds is 5. The van der Waals surface area contributed by atoms with Crippen molar-refractivity contribution in [1.29, 1.82) is 0 Å². The molecule has 4 nitrogen and oxygen atoms in total. The molecule has 0 saturated carbocycles. The minimum absolute atomic E-state index is 0.181. The predicted octanol–water partition coefficient (Wildman–Crippen LogP) is 2.34. The van der Waals surface area contributed by atoms with Gasteiger partial charge in [0.05, 0.1) is 4.90 Å². The lowest BCUT2D eigenvalue weighted by Gasteiger charge is -2.13. The SMILES string of the molecule is Cc1cc(S(=O)(=O)NC[C@H](N)c2ccccc2)c(C)s1. The van der Waals surface area contributed by atoms with Crippen LogP contribution < -0.4 is 10.5 Å². The molecule has 108 valence electrons. The Hall–Kier alpha value is -1.21. The van der Waals surface area contributed by atoms with Gasteiger partial charge in [-0.1, -0.05) is 30.3 Å². The summed E-state index contributed by atoms with van der Waals surface area (Å²) in [6.45, 7) is 3.89. The Kier molecular flexibility index (Phi) is 4.59. The Labute approximate surface area is 123 Å². The fourth-order valence-electron chi connectivity index (χ4n) is 1.97. The second-order valence-corrected chi connectivity index (χ2v) is 7.84. The van der Waals surface area contributed by atoms with Gasteiger partial charge in [-0.3, -0.25) is 0 Å². The minimum Gasteiger partial charge on any atom is -0.323 e.